The molecule has 2 aliphatic rings. The molecule has 0 atom stereocenters. The van der Waals surface area contributed by atoms with E-state index in [0.717, 1.165) is 49.9 Å². The summed E-state index contributed by atoms with van der Waals surface area (Å²) in [5.41, 5.74) is 12.3. The molecule has 4 nitrogen and oxygen atoms in total. The van der Waals surface area contributed by atoms with Gasteiger partial charge in [0.15, 0.2) is 0 Å². The van der Waals surface area contributed by atoms with Crippen molar-refractivity contribution >= 4 is 35.6 Å². The molecule has 0 saturated heterocycles. The SMILES string of the molecule is C/C(=C\CC/C(C)=C/CC/C(C)=C/CBr)CCC=C1CCCCC1.C/C(=C\CC/C(C)=C/CC/C(C)=C/CCS(C)(=O)=O)CCC=C1CCCCC1.CS(C)(=O)=O.[CH2-]CCC.[Li+]. The van der Waals surface area contributed by atoms with E-state index < -0.39 is 19.7 Å². The van der Waals surface area contributed by atoms with Crippen LogP contribution in [0.5, 0.6) is 0 Å². The molecule has 0 spiro atoms. The number of rotatable bonds is 23. The molecular weight excluding hydrogens is 864 g/mol. The number of hydrogen-bond acceptors (Lipinski definition) is 4. The molecule has 0 aromatic heterocycles. The quantitative estimate of drug-likeness (QED) is 0.0443. The third kappa shape index (κ3) is 51.5. The monoisotopic (exact) mass is 957 g/mol. The summed E-state index contributed by atoms with van der Waals surface area (Å²) in [7, 11) is -5.51. The van der Waals surface area contributed by atoms with Crippen LogP contribution >= 0.6 is 15.9 Å². The van der Waals surface area contributed by atoms with E-state index in [9.17, 15) is 16.8 Å². The van der Waals surface area contributed by atoms with E-state index in [-0.39, 0.29) is 24.6 Å². The fraction of sp³-hybridized carbons (Fsp3) is 0.685. The minimum absolute atomic E-state index is 0. The van der Waals surface area contributed by atoms with Gasteiger partial charge in [-0.15, -0.1) is 0 Å². The molecular formula is C54H94BrLiO4S2. The van der Waals surface area contributed by atoms with Crippen LogP contribution < -0.4 is 18.9 Å². The summed E-state index contributed by atoms with van der Waals surface area (Å²) in [6.45, 7) is 19.1. The van der Waals surface area contributed by atoms with Crippen molar-refractivity contribution in [2.75, 3.05) is 29.9 Å². The standard InChI is InChI=1S/C25H42O2S.C23H37Br.C4H9.C2H6O2S.Li/c1-22(13-9-15-24(3)17-11-21-28(4,26)27)12-8-14-23(2)16-10-20-25-18-6-5-7-19-25;1-20(12-8-13-22(3)18-19-24)10-7-11-21(2)14-9-17-23-15-5-4-6-16-23;1-3-4-2;1-5(2,3)4;/h13-14,17,20H,5-12,15-16,18-19,21H2,1-4H3;11-12,17-18H,4-10,13-16,19H2,1-3H3;1,3-4H2,2H3;1-2H3;/q;;-1;;+1/b22-13+,23-14+,24-17+;20-12+,21-11+,22-18+;;;. The maximum atomic E-state index is 11.1. The van der Waals surface area contributed by atoms with Gasteiger partial charge in [0, 0.05) is 24.1 Å². The molecule has 0 N–H and O–H groups in total. The van der Waals surface area contributed by atoms with Gasteiger partial charge in [-0.25, -0.2) is 16.8 Å². The summed E-state index contributed by atoms with van der Waals surface area (Å²) in [5.74, 6) is 0.252. The zero-order chi connectivity index (χ0) is 46.4. The Bertz CT molecular complexity index is 1600. The van der Waals surface area contributed by atoms with Gasteiger partial charge in [0.05, 0.1) is 5.75 Å². The van der Waals surface area contributed by atoms with Gasteiger partial charge in [0.25, 0.3) is 0 Å². The molecule has 0 amide bonds. The van der Waals surface area contributed by atoms with Gasteiger partial charge in [0.2, 0.25) is 0 Å². The fourth-order valence-corrected chi connectivity index (χ4v) is 7.98. The second kappa shape index (κ2) is 42.5. The second-order valence-corrected chi connectivity index (χ2v) is 23.1. The average molecular weight is 958 g/mol. The van der Waals surface area contributed by atoms with Crippen LogP contribution in [0, 0.1) is 6.92 Å². The van der Waals surface area contributed by atoms with Gasteiger partial charge < -0.3 is 6.92 Å². The van der Waals surface area contributed by atoms with Crippen molar-refractivity contribution in [2.24, 2.45) is 0 Å². The first kappa shape index (κ1) is 65.2. The maximum Gasteiger partial charge on any atom is 1.00 e. The van der Waals surface area contributed by atoms with Crippen LogP contribution in [-0.4, -0.2) is 46.7 Å². The molecule has 0 aromatic carbocycles. The van der Waals surface area contributed by atoms with Gasteiger partial charge in [-0.2, -0.15) is 6.42 Å². The van der Waals surface area contributed by atoms with Crippen molar-refractivity contribution in [3.05, 3.63) is 100 Å². The molecule has 354 valence electrons. The summed E-state index contributed by atoms with van der Waals surface area (Å²) in [5, 5.41) is 0.974. The van der Waals surface area contributed by atoms with Crippen LogP contribution in [0.1, 0.15) is 209 Å². The van der Waals surface area contributed by atoms with Crippen molar-refractivity contribution in [1.29, 1.82) is 0 Å². The molecule has 2 fully saturated rings. The zero-order valence-corrected chi connectivity index (χ0v) is 45.5. The first-order valence-corrected chi connectivity index (χ1v) is 29.2. The smallest absolute Gasteiger partial charge is 0.343 e. The molecule has 2 aliphatic carbocycles. The molecule has 0 radical (unpaired) electrons. The minimum atomic E-state index is -2.85. The summed E-state index contributed by atoms with van der Waals surface area (Å²) in [6.07, 6.45) is 53.3. The number of unbranched alkanes of at least 4 members (excludes halogenated alkanes) is 1. The number of halogens is 1. The topological polar surface area (TPSA) is 68.3 Å². The Kier molecular flexibility index (Phi) is 44.7. The van der Waals surface area contributed by atoms with E-state index in [1.807, 2.05) is 0 Å². The number of allylic oxidation sites excluding steroid dienone is 16. The van der Waals surface area contributed by atoms with Gasteiger partial charge in [0.1, 0.15) is 19.7 Å². The third-order valence-electron chi connectivity index (χ3n) is 10.8. The van der Waals surface area contributed by atoms with E-state index in [0.29, 0.717) is 6.42 Å². The van der Waals surface area contributed by atoms with Crippen LogP contribution in [-0.2, 0) is 19.7 Å². The zero-order valence-electron chi connectivity index (χ0n) is 42.2. The third-order valence-corrected chi connectivity index (χ3v) is 12.1. The van der Waals surface area contributed by atoms with Crippen molar-refractivity contribution in [2.45, 2.75) is 209 Å². The van der Waals surface area contributed by atoms with Crippen LogP contribution in [0.15, 0.2) is 93.2 Å². The molecule has 0 bridgehead atoms. The van der Waals surface area contributed by atoms with Gasteiger partial charge in [-0.3, -0.25) is 0 Å². The predicted molar refractivity (Wildman–Crippen MR) is 279 cm³/mol. The number of alkyl halides is 1. The molecule has 0 aromatic rings. The summed E-state index contributed by atoms with van der Waals surface area (Å²) in [6, 6.07) is 0. The van der Waals surface area contributed by atoms with Crippen molar-refractivity contribution in [3.63, 3.8) is 0 Å². The molecule has 2 rings (SSSR count). The fourth-order valence-electron chi connectivity index (χ4n) is 6.88. The van der Waals surface area contributed by atoms with Crippen molar-refractivity contribution in [1.82, 2.24) is 0 Å². The average Bonchev–Trinajstić information content (AvgIpc) is 3.18. The van der Waals surface area contributed by atoms with E-state index in [1.54, 1.807) is 16.7 Å². The minimum Gasteiger partial charge on any atom is -0.343 e. The first-order chi connectivity index (χ1) is 28.8. The van der Waals surface area contributed by atoms with Gasteiger partial charge in [-0.05, 0) is 176 Å². The molecule has 62 heavy (non-hydrogen) atoms. The van der Waals surface area contributed by atoms with Gasteiger partial charge >= 0.3 is 18.9 Å². The Labute approximate surface area is 407 Å². The largest absolute Gasteiger partial charge is 1.00 e. The summed E-state index contributed by atoms with van der Waals surface area (Å²) >= 11 is 3.46. The Hall–Kier alpha value is -1.10. The Morgan fingerprint density at radius 3 is 1.02 bits per heavy atom. The summed E-state index contributed by atoms with van der Waals surface area (Å²) < 4.78 is 41.6. The maximum absolute atomic E-state index is 11.1. The van der Waals surface area contributed by atoms with E-state index in [2.05, 4.69) is 120 Å². The first-order valence-electron chi connectivity index (χ1n) is 23.8. The normalized spacial score (nSPS) is 15.9. The molecule has 0 unspecified atom stereocenters. The summed E-state index contributed by atoms with van der Waals surface area (Å²) in [4.78, 5) is 0. The predicted octanol–water partition coefficient (Wildman–Crippen LogP) is 14.2. The Balaban J connectivity index is -0.000000930. The second-order valence-electron chi connectivity index (χ2n) is 18.0. The van der Waals surface area contributed by atoms with Crippen molar-refractivity contribution < 1.29 is 35.7 Å². The number of sulfone groups is 2. The van der Waals surface area contributed by atoms with Crippen LogP contribution in [0.3, 0.4) is 0 Å². The van der Waals surface area contributed by atoms with Crippen LogP contribution in [0.2, 0.25) is 0 Å². The van der Waals surface area contributed by atoms with E-state index in [1.165, 1.54) is 156 Å². The Morgan fingerprint density at radius 2 is 0.758 bits per heavy atom. The van der Waals surface area contributed by atoms with Gasteiger partial charge in [-0.1, -0.05) is 135 Å². The molecule has 2 saturated carbocycles. The molecule has 8 heteroatoms. The Morgan fingerprint density at radius 1 is 0.500 bits per heavy atom. The number of hydrogen-bond donors (Lipinski definition) is 0. The van der Waals surface area contributed by atoms with E-state index >= 15 is 0 Å². The van der Waals surface area contributed by atoms with Crippen molar-refractivity contribution in [3.8, 4) is 0 Å². The molecule has 0 aliphatic heterocycles. The van der Waals surface area contributed by atoms with Crippen LogP contribution in [0.4, 0.5) is 0 Å². The van der Waals surface area contributed by atoms with Crippen LogP contribution in [0.25, 0.3) is 0 Å². The molecule has 0 heterocycles. The van der Waals surface area contributed by atoms with E-state index in [4.69, 9.17) is 0 Å².